The van der Waals surface area contributed by atoms with Gasteiger partial charge in [-0.2, -0.15) is 0 Å². The minimum absolute atomic E-state index is 0.0493. The number of carbonyl (C=O) groups is 1. The summed E-state index contributed by atoms with van der Waals surface area (Å²) in [5.74, 6) is 0.878. The van der Waals surface area contributed by atoms with Crippen LogP contribution in [0.25, 0.3) is 0 Å². The molecule has 0 atom stereocenters. The zero-order chi connectivity index (χ0) is 14.8. The third-order valence-electron chi connectivity index (χ3n) is 3.74. The first kappa shape index (κ1) is 13.5. The van der Waals surface area contributed by atoms with E-state index in [0.29, 0.717) is 24.7 Å². The van der Waals surface area contributed by atoms with Crippen LogP contribution < -0.4 is 10.6 Å². The number of anilines is 2. The number of aromatic nitrogens is 1. The van der Waals surface area contributed by atoms with Crippen molar-refractivity contribution in [3.05, 3.63) is 42.0 Å². The van der Waals surface area contributed by atoms with Crippen LogP contribution in [-0.4, -0.2) is 42.0 Å². The molecule has 3 rings (SSSR count). The molecule has 1 saturated heterocycles. The normalized spacial score (nSPS) is 15.3. The van der Waals surface area contributed by atoms with E-state index in [1.54, 1.807) is 18.3 Å². The number of amides is 1. The van der Waals surface area contributed by atoms with Crippen molar-refractivity contribution in [2.75, 3.05) is 36.8 Å². The van der Waals surface area contributed by atoms with Crippen molar-refractivity contribution < 1.29 is 9.21 Å². The van der Waals surface area contributed by atoms with Crippen LogP contribution in [0.15, 0.2) is 35.1 Å². The van der Waals surface area contributed by atoms with Gasteiger partial charge in [-0.05, 0) is 30.7 Å². The molecule has 21 heavy (non-hydrogen) atoms. The summed E-state index contributed by atoms with van der Waals surface area (Å²) in [4.78, 5) is 20.4. The predicted octanol–water partition coefficient (Wildman–Crippen LogP) is 1.53. The number of nitrogens with two attached hydrogens (primary N) is 1. The van der Waals surface area contributed by atoms with Crippen LogP contribution in [0.4, 0.5) is 11.5 Å². The lowest BCUT2D eigenvalue weighted by Gasteiger charge is -2.36. The Morgan fingerprint density at radius 2 is 2.10 bits per heavy atom. The Morgan fingerprint density at radius 3 is 2.71 bits per heavy atom. The van der Waals surface area contributed by atoms with Gasteiger partial charge < -0.3 is 20.0 Å². The molecule has 0 spiro atoms. The van der Waals surface area contributed by atoms with Crippen LogP contribution in [0.5, 0.6) is 0 Å². The SMILES string of the molecule is Cc1cc(N)ncc1N1CCN(C(=O)c2ccco2)CC1. The predicted molar refractivity (Wildman–Crippen MR) is 80.2 cm³/mol. The van der Waals surface area contributed by atoms with Gasteiger partial charge in [0.15, 0.2) is 5.76 Å². The van der Waals surface area contributed by atoms with Gasteiger partial charge in [0.2, 0.25) is 0 Å². The van der Waals surface area contributed by atoms with Crippen LogP contribution in [0.3, 0.4) is 0 Å². The number of hydrogen-bond donors (Lipinski definition) is 1. The number of nitrogens with zero attached hydrogens (tertiary/aromatic N) is 3. The molecule has 1 aliphatic rings. The molecule has 2 aromatic heterocycles. The maximum atomic E-state index is 12.2. The van der Waals surface area contributed by atoms with Gasteiger partial charge in [0.25, 0.3) is 5.91 Å². The first-order valence-corrected chi connectivity index (χ1v) is 6.95. The van der Waals surface area contributed by atoms with Crippen LogP contribution in [0.1, 0.15) is 16.1 Å². The van der Waals surface area contributed by atoms with Gasteiger partial charge in [-0.1, -0.05) is 0 Å². The minimum Gasteiger partial charge on any atom is -0.459 e. The summed E-state index contributed by atoms with van der Waals surface area (Å²) in [6.45, 7) is 4.91. The number of piperazine rings is 1. The lowest BCUT2D eigenvalue weighted by Crippen LogP contribution is -2.49. The Kier molecular flexibility index (Phi) is 3.51. The van der Waals surface area contributed by atoms with E-state index >= 15 is 0 Å². The fraction of sp³-hybridized carbons (Fsp3) is 0.333. The van der Waals surface area contributed by atoms with Gasteiger partial charge >= 0.3 is 0 Å². The highest BCUT2D eigenvalue weighted by atomic mass is 16.3. The minimum atomic E-state index is -0.0493. The Bertz CT molecular complexity index is 631. The molecular formula is C15H18N4O2. The number of rotatable bonds is 2. The quantitative estimate of drug-likeness (QED) is 0.906. The van der Waals surface area contributed by atoms with Crippen LogP contribution in [0, 0.1) is 6.92 Å². The molecule has 0 radical (unpaired) electrons. The third kappa shape index (κ3) is 2.69. The van der Waals surface area contributed by atoms with Crippen molar-refractivity contribution in [1.82, 2.24) is 9.88 Å². The summed E-state index contributed by atoms with van der Waals surface area (Å²) in [7, 11) is 0. The summed E-state index contributed by atoms with van der Waals surface area (Å²) in [6, 6.07) is 5.30. The first-order chi connectivity index (χ1) is 10.1. The van der Waals surface area contributed by atoms with E-state index in [-0.39, 0.29) is 5.91 Å². The molecule has 2 N–H and O–H groups in total. The van der Waals surface area contributed by atoms with E-state index in [9.17, 15) is 4.79 Å². The molecule has 2 aromatic rings. The van der Waals surface area contributed by atoms with E-state index in [1.165, 1.54) is 6.26 Å². The average Bonchev–Trinajstić information content (AvgIpc) is 3.01. The molecule has 0 saturated carbocycles. The van der Waals surface area contributed by atoms with Crippen LogP contribution >= 0.6 is 0 Å². The molecule has 0 aliphatic carbocycles. The van der Waals surface area contributed by atoms with E-state index < -0.39 is 0 Å². The smallest absolute Gasteiger partial charge is 0.289 e. The Morgan fingerprint density at radius 1 is 1.33 bits per heavy atom. The van der Waals surface area contributed by atoms with E-state index in [4.69, 9.17) is 10.2 Å². The van der Waals surface area contributed by atoms with Crippen molar-refractivity contribution in [3.63, 3.8) is 0 Å². The topological polar surface area (TPSA) is 75.6 Å². The van der Waals surface area contributed by atoms with Gasteiger partial charge in [-0.15, -0.1) is 0 Å². The lowest BCUT2D eigenvalue weighted by atomic mass is 10.2. The second kappa shape index (κ2) is 5.47. The monoisotopic (exact) mass is 286 g/mol. The van der Waals surface area contributed by atoms with Crippen molar-refractivity contribution in [2.24, 2.45) is 0 Å². The van der Waals surface area contributed by atoms with Crippen molar-refractivity contribution in [3.8, 4) is 0 Å². The van der Waals surface area contributed by atoms with Crippen molar-refractivity contribution in [1.29, 1.82) is 0 Å². The molecule has 1 amide bonds. The van der Waals surface area contributed by atoms with Crippen LogP contribution in [0.2, 0.25) is 0 Å². The number of nitrogen functional groups attached to an aromatic ring is 1. The lowest BCUT2D eigenvalue weighted by molar-refractivity contribution is 0.0714. The molecule has 1 aliphatic heterocycles. The fourth-order valence-electron chi connectivity index (χ4n) is 2.61. The van der Waals surface area contributed by atoms with Gasteiger partial charge in [-0.3, -0.25) is 4.79 Å². The molecule has 6 nitrogen and oxygen atoms in total. The van der Waals surface area contributed by atoms with E-state index in [1.807, 2.05) is 17.9 Å². The van der Waals surface area contributed by atoms with Crippen molar-refractivity contribution in [2.45, 2.75) is 6.92 Å². The number of furan rings is 1. The van der Waals surface area contributed by atoms with Crippen LogP contribution in [-0.2, 0) is 0 Å². The molecule has 1 fully saturated rings. The third-order valence-corrected chi connectivity index (χ3v) is 3.74. The van der Waals surface area contributed by atoms with E-state index in [0.717, 1.165) is 24.3 Å². The summed E-state index contributed by atoms with van der Waals surface area (Å²) in [6.07, 6.45) is 3.32. The molecule has 6 heteroatoms. The Hall–Kier alpha value is -2.50. The summed E-state index contributed by atoms with van der Waals surface area (Å²) < 4.78 is 5.16. The Balaban J connectivity index is 1.66. The Labute approximate surface area is 123 Å². The number of aryl methyl sites for hydroxylation is 1. The van der Waals surface area contributed by atoms with E-state index in [2.05, 4.69) is 9.88 Å². The largest absolute Gasteiger partial charge is 0.459 e. The summed E-state index contributed by atoms with van der Waals surface area (Å²) in [5, 5.41) is 0. The molecular weight excluding hydrogens is 268 g/mol. The maximum Gasteiger partial charge on any atom is 0.289 e. The second-order valence-corrected chi connectivity index (χ2v) is 5.15. The number of hydrogen-bond acceptors (Lipinski definition) is 5. The van der Waals surface area contributed by atoms with Gasteiger partial charge in [0.1, 0.15) is 5.82 Å². The highest BCUT2D eigenvalue weighted by Gasteiger charge is 2.24. The highest BCUT2D eigenvalue weighted by molar-refractivity contribution is 5.91. The van der Waals surface area contributed by atoms with Crippen molar-refractivity contribution >= 4 is 17.4 Å². The molecule has 3 heterocycles. The zero-order valence-electron chi connectivity index (χ0n) is 12.0. The van der Waals surface area contributed by atoms with Gasteiger partial charge in [0, 0.05) is 26.2 Å². The fourth-order valence-corrected chi connectivity index (χ4v) is 2.61. The number of carbonyl (C=O) groups excluding carboxylic acids is 1. The average molecular weight is 286 g/mol. The molecule has 0 aromatic carbocycles. The maximum absolute atomic E-state index is 12.2. The standard InChI is InChI=1S/C15H18N4O2/c1-11-9-14(16)17-10-12(11)18-4-6-19(7-5-18)15(20)13-3-2-8-21-13/h2-3,8-10H,4-7H2,1H3,(H2,16,17). The molecule has 0 bridgehead atoms. The van der Waals surface area contributed by atoms with Gasteiger partial charge in [-0.25, -0.2) is 4.98 Å². The second-order valence-electron chi connectivity index (χ2n) is 5.15. The highest BCUT2D eigenvalue weighted by Crippen LogP contribution is 2.22. The molecule has 0 unspecified atom stereocenters. The first-order valence-electron chi connectivity index (χ1n) is 6.95. The number of pyridine rings is 1. The zero-order valence-corrected chi connectivity index (χ0v) is 12.0. The summed E-state index contributed by atoms with van der Waals surface area (Å²) >= 11 is 0. The van der Waals surface area contributed by atoms with Gasteiger partial charge in [0.05, 0.1) is 18.1 Å². The molecule has 110 valence electrons. The summed E-state index contributed by atoms with van der Waals surface area (Å²) in [5.41, 5.74) is 7.86.